The molecule has 0 saturated heterocycles. The number of ether oxygens (including phenoxy) is 2. The molecule has 11 heteroatoms. The number of aliphatic hydroxyl groups excluding tert-OH is 1. The van der Waals surface area contributed by atoms with Gasteiger partial charge in [-0.3, -0.25) is 9.30 Å². The van der Waals surface area contributed by atoms with E-state index in [1.165, 1.54) is 15.6 Å². The molecule has 0 bridgehead atoms. The van der Waals surface area contributed by atoms with Crippen LogP contribution in [-0.2, 0) is 14.8 Å². The molecule has 0 radical (unpaired) electrons. The zero-order valence-corrected chi connectivity index (χ0v) is 20.2. The average Bonchev–Trinajstić information content (AvgIpc) is 3.53. The van der Waals surface area contributed by atoms with Crippen LogP contribution in [0.15, 0.2) is 44.9 Å². The Morgan fingerprint density at radius 3 is 2.88 bits per heavy atom. The fourth-order valence-corrected chi connectivity index (χ4v) is 6.86. The summed E-state index contributed by atoms with van der Waals surface area (Å²) in [4.78, 5) is 7.97. The molecular formula is C21H25N3O5S3. The normalized spacial score (nSPS) is 16.5. The van der Waals surface area contributed by atoms with E-state index in [9.17, 15) is 13.5 Å². The molecule has 1 aromatic carbocycles. The van der Waals surface area contributed by atoms with Crippen LogP contribution in [0.3, 0.4) is 0 Å². The molecule has 1 unspecified atom stereocenters. The molecule has 0 amide bonds. The van der Waals surface area contributed by atoms with Gasteiger partial charge in [0.2, 0.25) is 0 Å². The van der Waals surface area contributed by atoms with Gasteiger partial charge in [0.25, 0.3) is 10.0 Å². The lowest BCUT2D eigenvalue weighted by atomic mass is 10.2. The first-order valence-corrected chi connectivity index (χ1v) is 13.3. The van der Waals surface area contributed by atoms with Gasteiger partial charge in [0.05, 0.1) is 30.0 Å². The molecule has 3 heterocycles. The number of aliphatic hydroxyl groups is 1. The summed E-state index contributed by atoms with van der Waals surface area (Å²) in [5.74, 6) is 0.558. The summed E-state index contributed by atoms with van der Waals surface area (Å²) in [5, 5.41) is 12.9. The first kappa shape index (κ1) is 23.1. The number of anilines is 1. The Balaban J connectivity index is 1.74. The number of H-pyrrole nitrogens is 1. The van der Waals surface area contributed by atoms with Gasteiger partial charge < -0.3 is 19.6 Å². The SMILES string of the molecule is COCCOc1cc(N(C)S(=O)(=O)c2cccs2)c2[nH]c(C3=NCC(CCO)S3)cc2c1. The van der Waals surface area contributed by atoms with Crippen LogP contribution >= 0.6 is 23.1 Å². The molecule has 172 valence electrons. The number of hydrogen-bond donors (Lipinski definition) is 2. The van der Waals surface area contributed by atoms with Crippen molar-refractivity contribution < 1.29 is 23.0 Å². The number of aromatic amines is 1. The van der Waals surface area contributed by atoms with E-state index in [2.05, 4.69) is 9.98 Å². The predicted octanol–water partition coefficient (Wildman–Crippen LogP) is 3.32. The number of methoxy groups -OCH3 is 1. The lowest BCUT2D eigenvalue weighted by Gasteiger charge is -2.20. The molecule has 3 aromatic rings. The van der Waals surface area contributed by atoms with Crippen LogP contribution in [0.1, 0.15) is 12.1 Å². The highest BCUT2D eigenvalue weighted by Gasteiger charge is 2.27. The van der Waals surface area contributed by atoms with Gasteiger partial charge in [0.1, 0.15) is 21.6 Å². The van der Waals surface area contributed by atoms with Crippen LogP contribution < -0.4 is 9.04 Å². The van der Waals surface area contributed by atoms with E-state index < -0.39 is 10.0 Å². The number of aliphatic imine (C=N–C) groups is 1. The van der Waals surface area contributed by atoms with Crippen LogP contribution in [-0.4, -0.2) is 69.3 Å². The Labute approximate surface area is 195 Å². The van der Waals surface area contributed by atoms with E-state index in [1.807, 2.05) is 12.1 Å². The van der Waals surface area contributed by atoms with Crippen molar-refractivity contribution in [2.45, 2.75) is 15.9 Å². The van der Waals surface area contributed by atoms with Crippen LogP contribution in [0.5, 0.6) is 5.75 Å². The van der Waals surface area contributed by atoms with Gasteiger partial charge in [-0.2, -0.15) is 0 Å². The molecule has 2 N–H and O–H groups in total. The number of thioether (sulfide) groups is 1. The standard InChI is InChI=1S/C21H25N3O5S3/c1-24(32(26,27)19-4-3-9-30-19)18-12-15(29-8-7-28-2)10-14-11-17(23-20(14)18)21-22-13-16(31-21)5-6-25/h3-4,9-12,16,23,25H,5-8,13H2,1-2H3. The van der Waals surface area contributed by atoms with Crippen LogP contribution in [0.25, 0.3) is 10.9 Å². The molecule has 1 aliphatic heterocycles. The van der Waals surface area contributed by atoms with E-state index in [0.717, 1.165) is 16.1 Å². The van der Waals surface area contributed by atoms with E-state index in [1.54, 1.807) is 49.5 Å². The lowest BCUT2D eigenvalue weighted by molar-refractivity contribution is 0.146. The molecule has 8 nitrogen and oxygen atoms in total. The maximum Gasteiger partial charge on any atom is 0.273 e. The number of nitrogens with zero attached hydrogens (tertiary/aromatic N) is 2. The second-order valence-corrected chi connectivity index (χ2v) is 11.7. The van der Waals surface area contributed by atoms with Gasteiger partial charge in [0.15, 0.2) is 0 Å². The number of benzene rings is 1. The van der Waals surface area contributed by atoms with E-state index in [-0.39, 0.29) is 16.1 Å². The zero-order valence-electron chi connectivity index (χ0n) is 17.8. The molecule has 1 aliphatic rings. The summed E-state index contributed by atoms with van der Waals surface area (Å²) in [6, 6.07) is 8.88. The minimum absolute atomic E-state index is 0.130. The summed E-state index contributed by atoms with van der Waals surface area (Å²) in [6.45, 7) is 1.56. The van der Waals surface area contributed by atoms with E-state index in [0.29, 0.717) is 43.1 Å². The minimum atomic E-state index is -3.72. The third-order valence-electron chi connectivity index (χ3n) is 5.08. The number of thiophene rings is 1. The smallest absolute Gasteiger partial charge is 0.273 e. The quantitative estimate of drug-likeness (QED) is 0.418. The molecule has 0 spiro atoms. The first-order chi connectivity index (χ1) is 15.4. The first-order valence-electron chi connectivity index (χ1n) is 10.1. The molecule has 2 aromatic heterocycles. The fraction of sp³-hybridized carbons (Fsp3) is 0.381. The zero-order chi connectivity index (χ0) is 22.7. The van der Waals surface area contributed by atoms with Crippen LogP contribution in [0.2, 0.25) is 0 Å². The Morgan fingerprint density at radius 2 is 2.16 bits per heavy atom. The predicted molar refractivity (Wildman–Crippen MR) is 130 cm³/mol. The molecular weight excluding hydrogens is 470 g/mol. The second kappa shape index (κ2) is 9.84. The topological polar surface area (TPSA) is 104 Å². The third-order valence-corrected chi connectivity index (χ3v) is 9.52. The van der Waals surface area contributed by atoms with Gasteiger partial charge >= 0.3 is 0 Å². The van der Waals surface area contributed by atoms with Crippen molar-refractivity contribution in [1.29, 1.82) is 0 Å². The number of fused-ring (bicyclic) bond motifs is 1. The van der Waals surface area contributed by atoms with Gasteiger partial charge in [-0.05, 0) is 30.0 Å². The maximum absolute atomic E-state index is 13.2. The van der Waals surface area contributed by atoms with Gasteiger partial charge in [-0.1, -0.05) is 17.8 Å². The van der Waals surface area contributed by atoms with E-state index in [4.69, 9.17) is 9.47 Å². The molecule has 0 saturated carbocycles. The lowest BCUT2D eigenvalue weighted by Crippen LogP contribution is -2.26. The summed E-state index contributed by atoms with van der Waals surface area (Å²) < 4.78 is 38.8. The van der Waals surface area contributed by atoms with Gasteiger partial charge in [-0.25, -0.2) is 8.42 Å². The molecule has 1 atom stereocenters. The highest BCUT2D eigenvalue weighted by Crippen LogP contribution is 2.37. The van der Waals surface area contributed by atoms with Crippen molar-refractivity contribution in [3.8, 4) is 5.75 Å². The van der Waals surface area contributed by atoms with Crippen molar-refractivity contribution in [2.75, 3.05) is 44.8 Å². The summed E-state index contributed by atoms with van der Waals surface area (Å²) in [6.07, 6.45) is 0.683. The number of nitrogens with one attached hydrogen (secondary N) is 1. The molecule has 0 fully saturated rings. The van der Waals surface area contributed by atoms with Crippen LogP contribution in [0.4, 0.5) is 5.69 Å². The maximum atomic E-state index is 13.2. The molecule has 32 heavy (non-hydrogen) atoms. The number of aromatic nitrogens is 1. The Hall–Kier alpha value is -2.05. The van der Waals surface area contributed by atoms with Crippen molar-refractivity contribution in [3.05, 3.63) is 41.4 Å². The van der Waals surface area contributed by atoms with Gasteiger partial charge in [-0.15, -0.1) is 11.3 Å². The molecule has 4 rings (SSSR count). The fourth-order valence-electron chi connectivity index (χ4n) is 3.42. The van der Waals surface area contributed by atoms with Crippen molar-refractivity contribution in [2.24, 2.45) is 4.99 Å². The Kier molecular flexibility index (Phi) is 7.11. The summed E-state index contributed by atoms with van der Waals surface area (Å²) in [7, 11) is -0.577. The highest BCUT2D eigenvalue weighted by molar-refractivity contribution is 8.15. The summed E-state index contributed by atoms with van der Waals surface area (Å²) >= 11 is 2.80. The Bertz CT molecular complexity index is 1200. The Morgan fingerprint density at radius 1 is 1.31 bits per heavy atom. The summed E-state index contributed by atoms with van der Waals surface area (Å²) in [5.41, 5.74) is 2.00. The third kappa shape index (κ3) is 4.67. The number of rotatable bonds is 10. The number of hydrogen-bond acceptors (Lipinski definition) is 8. The van der Waals surface area contributed by atoms with Gasteiger partial charge in [0, 0.05) is 37.5 Å². The van der Waals surface area contributed by atoms with Crippen molar-refractivity contribution in [1.82, 2.24) is 4.98 Å². The van der Waals surface area contributed by atoms with Crippen LogP contribution in [0, 0.1) is 0 Å². The van der Waals surface area contributed by atoms with Crippen molar-refractivity contribution in [3.63, 3.8) is 0 Å². The number of sulfonamides is 1. The molecule has 0 aliphatic carbocycles. The second-order valence-electron chi connectivity index (χ2n) is 7.23. The van der Waals surface area contributed by atoms with E-state index >= 15 is 0 Å². The minimum Gasteiger partial charge on any atom is -0.491 e. The average molecular weight is 496 g/mol. The monoisotopic (exact) mass is 495 g/mol. The highest BCUT2D eigenvalue weighted by atomic mass is 32.2. The van der Waals surface area contributed by atoms with Crippen molar-refractivity contribution >= 4 is 54.8 Å². The largest absolute Gasteiger partial charge is 0.491 e.